The third-order valence-electron chi connectivity index (χ3n) is 2.18. The van der Waals surface area contributed by atoms with Gasteiger partial charge in [-0.2, -0.15) is 0 Å². The smallest absolute Gasteiger partial charge is 0.267 e. The molecule has 1 aliphatic heterocycles. The van der Waals surface area contributed by atoms with Crippen molar-refractivity contribution in [3.05, 3.63) is 0 Å². The van der Waals surface area contributed by atoms with Crippen LogP contribution in [0, 0.1) is 0 Å². The fraction of sp³-hybridized carbons (Fsp3) is 0.875. The highest BCUT2D eigenvalue weighted by atomic mass is 19.3. The largest absolute Gasteiger partial charge is 0.372 e. The van der Waals surface area contributed by atoms with Gasteiger partial charge in [-0.05, 0) is 6.92 Å². The van der Waals surface area contributed by atoms with Crippen molar-refractivity contribution in [1.29, 1.82) is 0 Å². The summed E-state index contributed by atoms with van der Waals surface area (Å²) < 4.78 is 30.1. The first kappa shape index (κ1) is 10.4. The second-order valence-corrected chi connectivity index (χ2v) is 3.24. The summed E-state index contributed by atoms with van der Waals surface area (Å²) in [5.41, 5.74) is 0. The fourth-order valence-corrected chi connectivity index (χ4v) is 1.28. The number of hydrogen-bond acceptors (Lipinski definition) is 2. The van der Waals surface area contributed by atoms with E-state index < -0.39 is 18.6 Å². The molecule has 0 N–H and O–H groups in total. The van der Waals surface area contributed by atoms with Gasteiger partial charge in [-0.1, -0.05) is 0 Å². The van der Waals surface area contributed by atoms with Crippen LogP contribution in [0.2, 0.25) is 0 Å². The van der Waals surface area contributed by atoms with E-state index in [1.54, 1.807) is 6.92 Å². The highest BCUT2D eigenvalue weighted by Gasteiger charge is 2.41. The van der Waals surface area contributed by atoms with Crippen LogP contribution in [-0.4, -0.2) is 43.0 Å². The number of rotatable bonds is 2. The molecule has 1 aliphatic rings. The minimum Gasteiger partial charge on any atom is -0.372 e. The van der Waals surface area contributed by atoms with E-state index in [1.807, 2.05) is 0 Å². The van der Waals surface area contributed by atoms with E-state index in [0.717, 1.165) is 4.90 Å². The number of hydrogen-bond donors (Lipinski definition) is 0. The Morgan fingerprint density at radius 2 is 2.23 bits per heavy atom. The molecular formula is C8H13F2NO2. The van der Waals surface area contributed by atoms with E-state index in [-0.39, 0.29) is 18.9 Å². The Bertz CT molecular complexity index is 208. The summed E-state index contributed by atoms with van der Waals surface area (Å²) in [6.45, 7) is 1.21. The Labute approximate surface area is 75.7 Å². The van der Waals surface area contributed by atoms with Crippen LogP contribution in [0.25, 0.3) is 0 Å². The van der Waals surface area contributed by atoms with Gasteiger partial charge in [0.2, 0.25) is 0 Å². The molecule has 1 saturated heterocycles. The molecule has 5 heteroatoms. The molecule has 76 valence electrons. The van der Waals surface area contributed by atoms with Gasteiger partial charge in [-0.15, -0.1) is 0 Å². The quantitative estimate of drug-likeness (QED) is 0.651. The van der Waals surface area contributed by atoms with Crippen LogP contribution in [0.1, 0.15) is 13.3 Å². The lowest BCUT2D eigenvalue weighted by Gasteiger charge is -2.19. The van der Waals surface area contributed by atoms with E-state index >= 15 is 0 Å². The maximum absolute atomic E-state index is 12.7. The first-order valence-electron chi connectivity index (χ1n) is 4.16. The van der Waals surface area contributed by atoms with Gasteiger partial charge in [-0.3, -0.25) is 4.79 Å². The summed E-state index contributed by atoms with van der Waals surface area (Å²) in [7, 11) is 1.39. The van der Waals surface area contributed by atoms with Crippen LogP contribution in [0.4, 0.5) is 8.78 Å². The molecule has 0 spiro atoms. The summed E-state index contributed by atoms with van der Waals surface area (Å²) >= 11 is 0. The van der Waals surface area contributed by atoms with Crippen molar-refractivity contribution >= 4 is 5.91 Å². The summed E-state index contributed by atoms with van der Waals surface area (Å²) in [5.74, 6) is -3.08. The number of alkyl halides is 2. The van der Waals surface area contributed by atoms with E-state index in [1.165, 1.54) is 7.11 Å². The zero-order chi connectivity index (χ0) is 10.1. The molecule has 1 amide bonds. The SMILES string of the molecule is COC(C)C(=O)N1CCC(F)(F)C1. The normalized spacial score (nSPS) is 23.2. The van der Waals surface area contributed by atoms with Crippen LogP contribution in [-0.2, 0) is 9.53 Å². The van der Waals surface area contributed by atoms with Gasteiger partial charge in [0.15, 0.2) is 0 Å². The number of nitrogens with zero attached hydrogens (tertiary/aromatic N) is 1. The van der Waals surface area contributed by atoms with Crippen molar-refractivity contribution in [2.45, 2.75) is 25.4 Å². The van der Waals surface area contributed by atoms with Crippen molar-refractivity contribution in [1.82, 2.24) is 4.90 Å². The minimum absolute atomic E-state index is 0.125. The van der Waals surface area contributed by atoms with E-state index in [2.05, 4.69) is 0 Å². The molecule has 0 aliphatic carbocycles. The van der Waals surface area contributed by atoms with Crippen LogP contribution in [0.5, 0.6) is 0 Å². The number of ether oxygens (including phenoxy) is 1. The van der Waals surface area contributed by atoms with Gasteiger partial charge >= 0.3 is 0 Å². The molecule has 0 bridgehead atoms. The summed E-state index contributed by atoms with van der Waals surface area (Å²) in [4.78, 5) is 12.5. The Balaban J connectivity index is 2.51. The highest BCUT2D eigenvalue weighted by molar-refractivity contribution is 5.80. The topological polar surface area (TPSA) is 29.5 Å². The molecule has 1 fully saturated rings. The molecule has 0 aromatic rings. The van der Waals surface area contributed by atoms with E-state index in [0.29, 0.717) is 0 Å². The zero-order valence-electron chi connectivity index (χ0n) is 7.72. The third kappa shape index (κ3) is 2.37. The molecule has 13 heavy (non-hydrogen) atoms. The van der Waals surface area contributed by atoms with Gasteiger partial charge in [-0.25, -0.2) is 8.78 Å². The molecule has 0 aromatic carbocycles. The zero-order valence-corrected chi connectivity index (χ0v) is 7.72. The monoisotopic (exact) mass is 193 g/mol. The van der Waals surface area contributed by atoms with E-state index in [4.69, 9.17) is 4.74 Å². The predicted molar refractivity (Wildman–Crippen MR) is 42.6 cm³/mol. The Morgan fingerprint density at radius 1 is 1.62 bits per heavy atom. The molecule has 0 radical (unpaired) electrons. The van der Waals surface area contributed by atoms with Crippen molar-refractivity contribution in [3.8, 4) is 0 Å². The van der Waals surface area contributed by atoms with Gasteiger partial charge in [0.05, 0.1) is 6.54 Å². The number of carbonyl (C=O) groups is 1. The maximum Gasteiger partial charge on any atom is 0.267 e. The maximum atomic E-state index is 12.7. The fourth-order valence-electron chi connectivity index (χ4n) is 1.28. The second kappa shape index (κ2) is 3.57. The summed E-state index contributed by atoms with van der Waals surface area (Å²) in [6.07, 6.45) is -0.872. The lowest BCUT2D eigenvalue weighted by Crippen LogP contribution is -2.38. The van der Waals surface area contributed by atoms with Crippen LogP contribution >= 0.6 is 0 Å². The van der Waals surface area contributed by atoms with Crippen molar-refractivity contribution in [2.75, 3.05) is 20.2 Å². The first-order chi connectivity index (χ1) is 5.96. The summed E-state index contributed by atoms with van der Waals surface area (Å²) in [5, 5.41) is 0. The van der Waals surface area contributed by atoms with Crippen LogP contribution in [0.3, 0.4) is 0 Å². The average Bonchev–Trinajstić information content (AvgIpc) is 2.43. The molecule has 1 atom stereocenters. The van der Waals surface area contributed by atoms with Gasteiger partial charge < -0.3 is 9.64 Å². The van der Waals surface area contributed by atoms with Crippen molar-refractivity contribution in [3.63, 3.8) is 0 Å². The van der Waals surface area contributed by atoms with Gasteiger partial charge in [0, 0.05) is 20.1 Å². The molecule has 0 aromatic heterocycles. The molecule has 3 nitrogen and oxygen atoms in total. The van der Waals surface area contributed by atoms with Crippen molar-refractivity contribution in [2.24, 2.45) is 0 Å². The number of amides is 1. The molecular weight excluding hydrogens is 180 g/mol. The minimum atomic E-state index is -2.72. The van der Waals surface area contributed by atoms with Gasteiger partial charge in [0.1, 0.15) is 6.10 Å². The lowest BCUT2D eigenvalue weighted by atomic mass is 10.3. The van der Waals surface area contributed by atoms with E-state index in [9.17, 15) is 13.6 Å². The molecule has 1 rings (SSSR count). The summed E-state index contributed by atoms with van der Waals surface area (Å²) in [6, 6.07) is 0. The van der Waals surface area contributed by atoms with Crippen LogP contribution < -0.4 is 0 Å². The predicted octanol–water partition coefficient (Wildman–Crippen LogP) is 0.889. The lowest BCUT2D eigenvalue weighted by molar-refractivity contribution is -0.141. The highest BCUT2D eigenvalue weighted by Crippen LogP contribution is 2.27. The second-order valence-electron chi connectivity index (χ2n) is 3.24. The number of methoxy groups -OCH3 is 1. The third-order valence-corrected chi connectivity index (χ3v) is 2.18. The molecule has 1 unspecified atom stereocenters. The number of halogens is 2. The standard InChI is InChI=1S/C8H13F2NO2/c1-6(13-2)7(12)11-4-3-8(9,10)5-11/h6H,3-5H2,1-2H3. The van der Waals surface area contributed by atoms with Crippen molar-refractivity contribution < 1.29 is 18.3 Å². The Morgan fingerprint density at radius 3 is 2.62 bits per heavy atom. The molecule has 1 heterocycles. The number of likely N-dealkylation sites (tertiary alicyclic amines) is 1. The first-order valence-corrected chi connectivity index (χ1v) is 4.16. The Kier molecular flexibility index (Phi) is 2.85. The average molecular weight is 193 g/mol. The van der Waals surface area contributed by atoms with Gasteiger partial charge in [0.25, 0.3) is 11.8 Å². The Hall–Kier alpha value is -0.710. The molecule has 0 saturated carbocycles. The van der Waals surface area contributed by atoms with Crippen LogP contribution in [0.15, 0.2) is 0 Å². The number of carbonyl (C=O) groups excluding carboxylic acids is 1.